The smallest absolute Gasteiger partial charge is 0.190 e. The van der Waals surface area contributed by atoms with Crippen LogP contribution in [-0.2, 0) is 6.54 Å². The maximum atomic E-state index is 9.58. The van der Waals surface area contributed by atoms with Crippen molar-refractivity contribution >= 4 is 0 Å². The molecule has 0 aliphatic heterocycles. The van der Waals surface area contributed by atoms with Crippen LogP contribution < -0.4 is 9.47 Å². The van der Waals surface area contributed by atoms with Crippen molar-refractivity contribution in [1.82, 2.24) is 15.0 Å². The molecule has 116 valence electrons. The van der Waals surface area contributed by atoms with Crippen molar-refractivity contribution in [2.45, 2.75) is 12.6 Å². The molecule has 0 spiro atoms. The SMILES string of the molecule is COc1ccc(-c2c(C#N)nnn2CC(O)CO)cc1OC. The van der Waals surface area contributed by atoms with E-state index in [0.29, 0.717) is 22.8 Å². The molecule has 1 heterocycles. The van der Waals surface area contributed by atoms with Gasteiger partial charge in [0.2, 0.25) is 0 Å². The van der Waals surface area contributed by atoms with Crippen molar-refractivity contribution in [2.75, 3.05) is 20.8 Å². The molecule has 1 aromatic carbocycles. The number of aromatic nitrogens is 3. The van der Waals surface area contributed by atoms with Gasteiger partial charge in [-0.1, -0.05) is 5.21 Å². The minimum atomic E-state index is -0.993. The number of hydrogen-bond acceptors (Lipinski definition) is 7. The summed E-state index contributed by atoms with van der Waals surface area (Å²) in [5.41, 5.74) is 1.21. The van der Waals surface area contributed by atoms with Gasteiger partial charge in [-0.05, 0) is 18.2 Å². The van der Waals surface area contributed by atoms with Crippen molar-refractivity contribution in [3.8, 4) is 28.8 Å². The third-order valence-corrected chi connectivity index (χ3v) is 3.09. The molecule has 1 atom stereocenters. The van der Waals surface area contributed by atoms with Gasteiger partial charge in [-0.25, -0.2) is 4.68 Å². The summed E-state index contributed by atoms with van der Waals surface area (Å²) in [4.78, 5) is 0. The molecule has 2 aromatic rings. The lowest BCUT2D eigenvalue weighted by Crippen LogP contribution is -2.21. The number of methoxy groups -OCH3 is 2. The van der Waals surface area contributed by atoms with E-state index in [9.17, 15) is 10.4 Å². The molecule has 2 N–H and O–H groups in total. The van der Waals surface area contributed by atoms with E-state index < -0.39 is 12.7 Å². The number of nitrogens with zero attached hydrogens (tertiary/aromatic N) is 4. The molecule has 1 aromatic heterocycles. The molecule has 0 amide bonds. The highest BCUT2D eigenvalue weighted by Crippen LogP contribution is 2.33. The maximum absolute atomic E-state index is 9.58. The number of aliphatic hydroxyl groups is 2. The second kappa shape index (κ2) is 6.89. The molecule has 8 heteroatoms. The molecule has 0 saturated carbocycles. The predicted molar refractivity (Wildman–Crippen MR) is 76.4 cm³/mol. The first-order valence-corrected chi connectivity index (χ1v) is 6.49. The van der Waals surface area contributed by atoms with Gasteiger partial charge in [-0.3, -0.25) is 0 Å². The molecule has 8 nitrogen and oxygen atoms in total. The van der Waals surface area contributed by atoms with E-state index in [4.69, 9.17) is 14.6 Å². The Kier molecular flexibility index (Phi) is 4.93. The summed E-state index contributed by atoms with van der Waals surface area (Å²) >= 11 is 0. The van der Waals surface area contributed by atoms with E-state index in [0.717, 1.165) is 0 Å². The van der Waals surface area contributed by atoms with E-state index in [1.165, 1.54) is 18.9 Å². The third-order valence-electron chi connectivity index (χ3n) is 3.09. The van der Waals surface area contributed by atoms with Gasteiger partial charge < -0.3 is 19.7 Å². The Hall–Kier alpha value is -2.63. The molecule has 0 fully saturated rings. The molecule has 0 aliphatic rings. The van der Waals surface area contributed by atoms with Gasteiger partial charge in [0.25, 0.3) is 0 Å². The standard InChI is InChI=1S/C14H16N4O4/c1-21-12-4-3-9(5-13(12)22-2)14-11(6-15)16-17-18(14)7-10(20)8-19/h3-5,10,19-20H,7-8H2,1-2H3. The van der Waals surface area contributed by atoms with Gasteiger partial charge >= 0.3 is 0 Å². The summed E-state index contributed by atoms with van der Waals surface area (Å²) in [6.45, 7) is -0.387. The van der Waals surface area contributed by atoms with E-state index >= 15 is 0 Å². The van der Waals surface area contributed by atoms with Crippen molar-refractivity contribution < 1.29 is 19.7 Å². The van der Waals surface area contributed by atoms with E-state index in [2.05, 4.69) is 10.3 Å². The number of ether oxygens (including phenoxy) is 2. The molecule has 0 radical (unpaired) electrons. The highest BCUT2D eigenvalue weighted by Gasteiger charge is 2.18. The van der Waals surface area contributed by atoms with Crippen LogP contribution in [0.3, 0.4) is 0 Å². The number of aliphatic hydroxyl groups excluding tert-OH is 2. The highest BCUT2D eigenvalue weighted by atomic mass is 16.5. The van der Waals surface area contributed by atoms with Gasteiger partial charge in [0.15, 0.2) is 17.2 Å². The number of nitriles is 1. The van der Waals surface area contributed by atoms with Crippen molar-refractivity contribution in [3.63, 3.8) is 0 Å². The topological polar surface area (TPSA) is 113 Å². The third kappa shape index (κ3) is 3.00. The average molecular weight is 304 g/mol. The lowest BCUT2D eigenvalue weighted by Gasteiger charge is -2.12. The van der Waals surface area contributed by atoms with Crippen LogP contribution in [-0.4, -0.2) is 52.1 Å². The first kappa shape index (κ1) is 15.8. The molecule has 2 rings (SSSR count). The Morgan fingerprint density at radius 3 is 2.64 bits per heavy atom. The van der Waals surface area contributed by atoms with Crippen molar-refractivity contribution in [3.05, 3.63) is 23.9 Å². The van der Waals surface area contributed by atoms with Crippen molar-refractivity contribution in [1.29, 1.82) is 5.26 Å². The van der Waals surface area contributed by atoms with Gasteiger partial charge in [-0.2, -0.15) is 5.26 Å². The van der Waals surface area contributed by atoms with Gasteiger partial charge in [0.05, 0.1) is 33.5 Å². The predicted octanol–water partition coefficient (Wildman–Crippen LogP) is 0.187. The number of hydrogen-bond donors (Lipinski definition) is 2. The normalized spacial score (nSPS) is 11.8. The zero-order valence-electron chi connectivity index (χ0n) is 12.2. The van der Waals surface area contributed by atoms with Gasteiger partial charge in [0.1, 0.15) is 11.8 Å². The summed E-state index contributed by atoms with van der Waals surface area (Å²) in [6.07, 6.45) is -0.993. The Balaban J connectivity index is 2.51. The summed E-state index contributed by atoms with van der Waals surface area (Å²) < 4.78 is 11.8. The molecule has 0 bridgehead atoms. The Morgan fingerprint density at radius 1 is 1.32 bits per heavy atom. The van der Waals surface area contributed by atoms with E-state index in [1.54, 1.807) is 18.2 Å². The Labute approximate surface area is 127 Å². The van der Waals surface area contributed by atoms with Crippen LogP contribution >= 0.6 is 0 Å². The number of benzene rings is 1. The van der Waals surface area contributed by atoms with Crippen LogP contribution in [0.2, 0.25) is 0 Å². The molecule has 0 saturated heterocycles. The average Bonchev–Trinajstić information content (AvgIpc) is 2.96. The summed E-state index contributed by atoms with van der Waals surface area (Å²) in [7, 11) is 3.04. The quantitative estimate of drug-likeness (QED) is 0.783. The summed E-state index contributed by atoms with van der Waals surface area (Å²) in [6, 6.07) is 7.10. The first-order chi connectivity index (χ1) is 10.6. The van der Waals surface area contributed by atoms with Crippen LogP contribution in [0.25, 0.3) is 11.3 Å². The molecular formula is C14H16N4O4. The van der Waals surface area contributed by atoms with Gasteiger partial charge in [-0.15, -0.1) is 5.10 Å². The second-order valence-electron chi connectivity index (χ2n) is 4.49. The first-order valence-electron chi connectivity index (χ1n) is 6.49. The zero-order chi connectivity index (χ0) is 16.1. The van der Waals surface area contributed by atoms with Crippen LogP contribution in [0.15, 0.2) is 18.2 Å². The number of rotatable bonds is 6. The molecule has 1 unspecified atom stereocenters. The maximum Gasteiger partial charge on any atom is 0.190 e. The largest absolute Gasteiger partial charge is 0.493 e. The Morgan fingerprint density at radius 2 is 2.05 bits per heavy atom. The zero-order valence-corrected chi connectivity index (χ0v) is 12.2. The van der Waals surface area contributed by atoms with Crippen molar-refractivity contribution in [2.24, 2.45) is 0 Å². The van der Waals surface area contributed by atoms with Crippen LogP contribution in [0.1, 0.15) is 5.69 Å². The lowest BCUT2D eigenvalue weighted by molar-refractivity contribution is 0.0782. The van der Waals surface area contributed by atoms with E-state index in [-0.39, 0.29) is 12.2 Å². The minimum absolute atomic E-state index is 0.0227. The monoisotopic (exact) mass is 304 g/mol. The molecular weight excluding hydrogens is 288 g/mol. The fourth-order valence-corrected chi connectivity index (χ4v) is 2.04. The minimum Gasteiger partial charge on any atom is -0.493 e. The van der Waals surface area contributed by atoms with Crippen LogP contribution in [0.5, 0.6) is 11.5 Å². The summed E-state index contributed by atoms with van der Waals surface area (Å²) in [5.74, 6) is 1.05. The highest BCUT2D eigenvalue weighted by molar-refractivity contribution is 5.68. The van der Waals surface area contributed by atoms with E-state index in [1.807, 2.05) is 6.07 Å². The van der Waals surface area contributed by atoms with Gasteiger partial charge in [0, 0.05) is 5.56 Å². The van der Waals surface area contributed by atoms with Crippen LogP contribution in [0.4, 0.5) is 0 Å². The second-order valence-corrected chi connectivity index (χ2v) is 4.49. The summed E-state index contributed by atoms with van der Waals surface area (Å²) in [5, 5.41) is 35.4. The Bertz CT molecular complexity index is 693. The molecule has 22 heavy (non-hydrogen) atoms. The molecule has 0 aliphatic carbocycles. The fraction of sp³-hybridized carbons (Fsp3) is 0.357. The fourth-order valence-electron chi connectivity index (χ4n) is 2.04. The van der Waals surface area contributed by atoms with Crippen LogP contribution in [0, 0.1) is 11.3 Å². The lowest BCUT2D eigenvalue weighted by atomic mass is 10.1.